The Bertz CT molecular complexity index is 691. The third-order valence-electron chi connectivity index (χ3n) is 2.54. The predicted octanol–water partition coefficient (Wildman–Crippen LogP) is 2.90. The van der Waals surface area contributed by atoms with Gasteiger partial charge in [-0.05, 0) is 30.3 Å². The summed E-state index contributed by atoms with van der Waals surface area (Å²) in [5.41, 5.74) is 1.72. The molecule has 0 unspecified atom stereocenters. The van der Waals surface area contributed by atoms with Crippen LogP contribution in [-0.4, -0.2) is 15.2 Å². The monoisotopic (exact) mass is 231 g/mol. The molecule has 5 heteroatoms. The van der Waals surface area contributed by atoms with Crippen LogP contribution in [0.3, 0.4) is 0 Å². The lowest BCUT2D eigenvalue weighted by atomic mass is 10.1. The van der Waals surface area contributed by atoms with Crippen LogP contribution in [0.5, 0.6) is 0 Å². The van der Waals surface area contributed by atoms with Crippen molar-refractivity contribution in [1.82, 2.24) is 15.2 Å². The molecule has 3 rings (SSSR count). The number of aromatic amines is 1. The van der Waals surface area contributed by atoms with Gasteiger partial charge in [0.2, 0.25) is 0 Å². The van der Waals surface area contributed by atoms with Crippen molar-refractivity contribution >= 4 is 11.0 Å². The fraction of sp³-hybridized carbons (Fsp3) is 0. The van der Waals surface area contributed by atoms with Gasteiger partial charge >= 0.3 is 0 Å². The Morgan fingerprint density at radius 2 is 1.94 bits per heavy atom. The number of H-pyrrole nitrogens is 1. The Kier molecular flexibility index (Phi) is 2.11. The van der Waals surface area contributed by atoms with E-state index in [9.17, 15) is 8.78 Å². The van der Waals surface area contributed by atoms with Gasteiger partial charge in [0.25, 0.3) is 0 Å². The fourth-order valence-electron chi connectivity index (χ4n) is 1.72. The molecular weight excluding hydrogens is 224 g/mol. The third-order valence-corrected chi connectivity index (χ3v) is 2.54. The van der Waals surface area contributed by atoms with Gasteiger partial charge in [0.15, 0.2) is 17.3 Å². The lowest BCUT2D eigenvalue weighted by Gasteiger charge is -1.99. The largest absolute Gasteiger partial charge is 0.275 e. The molecule has 3 aromatic rings. The van der Waals surface area contributed by atoms with Crippen molar-refractivity contribution in [1.29, 1.82) is 0 Å². The molecule has 0 fully saturated rings. The minimum Gasteiger partial charge on any atom is -0.275 e. The zero-order valence-electron chi connectivity index (χ0n) is 8.61. The summed E-state index contributed by atoms with van der Waals surface area (Å²) in [7, 11) is 0. The van der Waals surface area contributed by atoms with E-state index in [1.54, 1.807) is 12.3 Å². The van der Waals surface area contributed by atoms with E-state index in [1.807, 2.05) is 6.07 Å². The topological polar surface area (TPSA) is 41.6 Å². The van der Waals surface area contributed by atoms with Crippen LogP contribution in [0.2, 0.25) is 0 Å². The van der Waals surface area contributed by atoms with Gasteiger partial charge in [-0.3, -0.25) is 5.10 Å². The van der Waals surface area contributed by atoms with E-state index in [1.165, 1.54) is 6.07 Å². The molecule has 0 spiro atoms. The zero-order chi connectivity index (χ0) is 11.8. The van der Waals surface area contributed by atoms with Crippen molar-refractivity contribution in [2.45, 2.75) is 0 Å². The Morgan fingerprint density at radius 1 is 1.06 bits per heavy atom. The first-order chi connectivity index (χ1) is 8.25. The van der Waals surface area contributed by atoms with Gasteiger partial charge in [-0.25, -0.2) is 13.8 Å². The summed E-state index contributed by atoms with van der Waals surface area (Å²) in [4.78, 5) is 4.06. The molecule has 0 saturated heterocycles. The van der Waals surface area contributed by atoms with Gasteiger partial charge in [-0.1, -0.05) is 0 Å². The van der Waals surface area contributed by atoms with Crippen molar-refractivity contribution in [2.75, 3.05) is 0 Å². The van der Waals surface area contributed by atoms with E-state index in [0.717, 1.165) is 17.5 Å². The first kappa shape index (κ1) is 9.89. The smallest absolute Gasteiger partial charge is 0.181 e. The number of hydrogen-bond acceptors (Lipinski definition) is 2. The maximum atomic E-state index is 13.1. The van der Waals surface area contributed by atoms with Crippen LogP contribution in [0.15, 0.2) is 36.5 Å². The number of pyridine rings is 1. The zero-order valence-corrected chi connectivity index (χ0v) is 8.61. The number of rotatable bonds is 1. The van der Waals surface area contributed by atoms with Crippen LogP contribution in [0.25, 0.3) is 22.3 Å². The highest BCUT2D eigenvalue weighted by molar-refractivity contribution is 5.90. The van der Waals surface area contributed by atoms with Crippen LogP contribution in [0.1, 0.15) is 0 Å². The van der Waals surface area contributed by atoms with Gasteiger partial charge in [0.1, 0.15) is 0 Å². The second kappa shape index (κ2) is 3.62. The van der Waals surface area contributed by atoms with Crippen molar-refractivity contribution in [3.8, 4) is 11.3 Å². The Morgan fingerprint density at radius 3 is 2.76 bits per heavy atom. The van der Waals surface area contributed by atoms with Crippen molar-refractivity contribution < 1.29 is 8.78 Å². The highest BCUT2D eigenvalue weighted by atomic mass is 19.2. The summed E-state index contributed by atoms with van der Waals surface area (Å²) in [6.07, 6.45) is 1.62. The molecule has 0 atom stereocenters. The van der Waals surface area contributed by atoms with Gasteiger partial charge < -0.3 is 0 Å². The predicted molar refractivity (Wildman–Crippen MR) is 59.2 cm³/mol. The molecule has 0 aliphatic heterocycles. The number of nitrogens with one attached hydrogen (secondary N) is 1. The molecule has 1 aromatic carbocycles. The van der Waals surface area contributed by atoms with Crippen LogP contribution in [0, 0.1) is 11.6 Å². The van der Waals surface area contributed by atoms with Gasteiger partial charge in [-0.2, -0.15) is 5.10 Å². The minimum absolute atomic E-state index is 0.541. The first-order valence-electron chi connectivity index (χ1n) is 5.00. The summed E-state index contributed by atoms with van der Waals surface area (Å²) in [5.74, 6) is -1.75. The highest BCUT2D eigenvalue weighted by Crippen LogP contribution is 2.25. The molecule has 0 bridgehead atoms. The van der Waals surface area contributed by atoms with Gasteiger partial charge in [0, 0.05) is 17.1 Å². The maximum absolute atomic E-state index is 13.1. The Hall–Kier alpha value is -2.30. The van der Waals surface area contributed by atoms with Crippen molar-refractivity contribution in [2.24, 2.45) is 0 Å². The summed E-state index contributed by atoms with van der Waals surface area (Å²) in [5, 5.41) is 7.55. The van der Waals surface area contributed by atoms with Crippen LogP contribution >= 0.6 is 0 Å². The molecule has 1 N–H and O–H groups in total. The van der Waals surface area contributed by atoms with Crippen molar-refractivity contribution in [3.63, 3.8) is 0 Å². The van der Waals surface area contributed by atoms with E-state index in [4.69, 9.17) is 0 Å². The van der Waals surface area contributed by atoms with Crippen LogP contribution in [0.4, 0.5) is 8.78 Å². The molecule has 2 heterocycles. The summed E-state index contributed by atoms with van der Waals surface area (Å²) in [6.45, 7) is 0. The second-order valence-corrected chi connectivity index (χ2v) is 3.60. The van der Waals surface area contributed by atoms with E-state index in [-0.39, 0.29) is 0 Å². The van der Waals surface area contributed by atoms with Crippen molar-refractivity contribution in [3.05, 3.63) is 48.2 Å². The Labute approximate surface area is 95.1 Å². The maximum Gasteiger partial charge on any atom is 0.181 e. The van der Waals surface area contributed by atoms with Crippen LogP contribution in [-0.2, 0) is 0 Å². The summed E-state index contributed by atoms with van der Waals surface area (Å²) in [6, 6.07) is 7.31. The number of nitrogens with zero attached hydrogens (tertiary/aromatic N) is 2. The van der Waals surface area contributed by atoms with E-state index in [0.29, 0.717) is 16.9 Å². The number of aromatic nitrogens is 3. The quantitative estimate of drug-likeness (QED) is 0.699. The van der Waals surface area contributed by atoms with E-state index >= 15 is 0 Å². The average molecular weight is 231 g/mol. The molecule has 0 saturated carbocycles. The van der Waals surface area contributed by atoms with Crippen LogP contribution < -0.4 is 0 Å². The lowest BCUT2D eigenvalue weighted by Crippen LogP contribution is -1.86. The molecule has 0 amide bonds. The lowest BCUT2D eigenvalue weighted by molar-refractivity contribution is 0.509. The Balaban J connectivity index is 2.24. The molecular formula is C12H7F2N3. The standard InChI is InChI=1S/C12H7F2N3/c13-9-4-3-7(6-10(9)14)11-8-2-1-5-15-12(8)17-16-11/h1-6H,(H,15,16,17). The highest BCUT2D eigenvalue weighted by Gasteiger charge is 2.10. The third kappa shape index (κ3) is 1.56. The summed E-state index contributed by atoms with van der Waals surface area (Å²) < 4.78 is 26.0. The molecule has 0 aliphatic rings. The SMILES string of the molecule is Fc1ccc(-c2[nH]nc3ncccc23)cc1F. The molecule has 3 nitrogen and oxygen atoms in total. The molecule has 0 radical (unpaired) electrons. The molecule has 17 heavy (non-hydrogen) atoms. The fourth-order valence-corrected chi connectivity index (χ4v) is 1.72. The number of hydrogen-bond donors (Lipinski definition) is 1. The minimum atomic E-state index is -0.880. The number of fused-ring (bicyclic) bond motifs is 1. The molecule has 0 aliphatic carbocycles. The molecule has 2 aromatic heterocycles. The van der Waals surface area contributed by atoms with Gasteiger partial charge in [0.05, 0.1) is 5.69 Å². The van der Waals surface area contributed by atoms with E-state index in [2.05, 4.69) is 15.2 Å². The van der Waals surface area contributed by atoms with Gasteiger partial charge in [-0.15, -0.1) is 0 Å². The summed E-state index contributed by atoms with van der Waals surface area (Å²) >= 11 is 0. The second-order valence-electron chi connectivity index (χ2n) is 3.60. The first-order valence-corrected chi connectivity index (χ1v) is 5.00. The van der Waals surface area contributed by atoms with E-state index < -0.39 is 11.6 Å². The molecule has 84 valence electrons. The number of halogens is 2. The normalized spacial score (nSPS) is 10.9. The number of benzene rings is 1. The average Bonchev–Trinajstić information content (AvgIpc) is 2.76.